The van der Waals surface area contributed by atoms with E-state index in [9.17, 15) is 9.18 Å². The fourth-order valence-electron chi connectivity index (χ4n) is 2.60. The van der Waals surface area contributed by atoms with Crippen LogP contribution in [0.15, 0.2) is 52.1 Å². The van der Waals surface area contributed by atoms with Gasteiger partial charge in [-0.05, 0) is 41.3 Å². The topological polar surface area (TPSA) is 65.2 Å². The monoisotopic (exact) mass is 400 g/mol. The normalized spacial score (nSPS) is 11.5. The Morgan fingerprint density at radius 2 is 1.86 bits per heavy atom. The summed E-state index contributed by atoms with van der Waals surface area (Å²) < 4.78 is 24.2. The maximum Gasteiger partial charge on any atom is 0.277 e. The highest BCUT2D eigenvalue weighted by Gasteiger charge is 2.17. The molecule has 3 rings (SSSR count). The van der Waals surface area contributed by atoms with Crippen molar-refractivity contribution in [1.29, 1.82) is 0 Å². The van der Waals surface area contributed by atoms with Crippen molar-refractivity contribution in [1.82, 2.24) is 10.2 Å². The van der Waals surface area contributed by atoms with Gasteiger partial charge in [-0.1, -0.05) is 44.7 Å². The minimum Gasteiger partial charge on any atom is -0.496 e. The third-order valence-electron chi connectivity index (χ3n) is 4.19. The van der Waals surface area contributed by atoms with Gasteiger partial charge in [0.25, 0.3) is 5.22 Å². The average Bonchev–Trinajstić information content (AvgIpc) is 3.14. The molecule has 0 amide bonds. The quantitative estimate of drug-likeness (QED) is 0.421. The maximum absolute atomic E-state index is 13.4. The number of nitrogens with zero attached hydrogens (tertiary/aromatic N) is 2. The number of hydrogen-bond acceptors (Lipinski definition) is 6. The van der Waals surface area contributed by atoms with Crippen molar-refractivity contribution in [3.8, 4) is 17.2 Å². The smallest absolute Gasteiger partial charge is 0.277 e. The molecule has 0 fully saturated rings. The molecule has 146 valence electrons. The maximum atomic E-state index is 13.4. The van der Waals surface area contributed by atoms with Crippen molar-refractivity contribution in [2.75, 3.05) is 12.9 Å². The van der Waals surface area contributed by atoms with Gasteiger partial charge in [-0.3, -0.25) is 4.79 Å². The van der Waals surface area contributed by atoms with E-state index in [-0.39, 0.29) is 27.7 Å². The first-order valence-electron chi connectivity index (χ1n) is 8.72. The molecule has 0 aliphatic heterocycles. The van der Waals surface area contributed by atoms with Crippen LogP contribution in [0.1, 0.15) is 36.7 Å². The number of aromatic nitrogens is 2. The number of benzene rings is 2. The van der Waals surface area contributed by atoms with Crippen LogP contribution in [0.5, 0.6) is 5.75 Å². The van der Waals surface area contributed by atoms with E-state index < -0.39 is 5.82 Å². The van der Waals surface area contributed by atoms with Gasteiger partial charge in [0, 0.05) is 5.56 Å². The zero-order valence-corrected chi connectivity index (χ0v) is 17.0. The molecule has 0 atom stereocenters. The highest BCUT2D eigenvalue weighted by atomic mass is 32.2. The van der Waals surface area contributed by atoms with Crippen LogP contribution in [-0.2, 0) is 5.41 Å². The first-order chi connectivity index (χ1) is 13.3. The Morgan fingerprint density at radius 3 is 2.50 bits per heavy atom. The van der Waals surface area contributed by atoms with Crippen LogP contribution in [0.3, 0.4) is 0 Å². The van der Waals surface area contributed by atoms with Crippen molar-refractivity contribution in [2.45, 2.75) is 31.4 Å². The van der Waals surface area contributed by atoms with Crippen LogP contribution < -0.4 is 4.74 Å². The Labute approximate surface area is 167 Å². The van der Waals surface area contributed by atoms with E-state index in [0.717, 1.165) is 23.4 Å². The van der Waals surface area contributed by atoms with E-state index in [4.69, 9.17) is 9.15 Å². The van der Waals surface area contributed by atoms with Gasteiger partial charge in [0.05, 0.1) is 18.4 Å². The van der Waals surface area contributed by atoms with Gasteiger partial charge in [0.15, 0.2) is 5.78 Å². The third kappa shape index (κ3) is 4.59. The van der Waals surface area contributed by atoms with Crippen LogP contribution in [0, 0.1) is 5.82 Å². The van der Waals surface area contributed by atoms with Crippen LogP contribution in [0.4, 0.5) is 4.39 Å². The van der Waals surface area contributed by atoms with Gasteiger partial charge in [0.1, 0.15) is 11.6 Å². The van der Waals surface area contributed by atoms with Crippen LogP contribution in [0.2, 0.25) is 0 Å². The van der Waals surface area contributed by atoms with Crippen LogP contribution >= 0.6 is 11.8 Å². The van der Waals surface area contributed by atoms with E-state index in [1.54, 1.807) is 0 Å². The summed E-state index contributed by atoms with van der Waals surface area (Å²) in [4.78, 5) is 12.4. The molecule has 0 saturated heterocycles. The van der Waals surface area contributed by atoms with Crippen molar-refractivity contribution >= 4 is 17.5 Å². The van der Waals surface area contributed by atoms with Gasteiger partial charge >= 0.3 is 0 Å². The number of hydrogen-bond donors (Lipinski definition) is 0. The summed E-state index contributed by atoms with van der Waals surface area (Å²) >= 11 is 1.10. The molecule has 0 radical (unpaired) electrons. The summed E-state index contributed by atoms with van der Waals surface area (Å²) in [5, 5.41) is 8.30. The molecule has 0 unspecified atom stereocenters. The molecule has 0 bridgehead atoms. The number of carbonyl (C=O) groups is 1. The predicted molar refractivity (Wildman–Crippen MR) is 106 cm³/mol. The standard InChI is InChI=1S/C21H21FN2O3S/c1-21(2,3)14-7-5-13(6-8-14)19-23-24-20(27-19)28-12-17(25)16-11-15(22)9-10-18(16)26-4/h5-11H,12H2,1-4H3. The zero-order valence-electron chi connectivity index (χ0n) is 16.2. The van der Waals surface area contributed by atoms with Gasteiger partial charge in [-0.25, -0.2) is 4.39 Å². The van der Waals surface area contributed by atoms with Gasteiger partial charge in [-0.2, -0.15) is 0 Å². The first kappa shape index (κ1) is 20.1. The van der Waals surface area contributed by atoms with Crippen molar-refractivity contribution in [2.24, 2.45) is 0 Å². The third-order valence-corrected chi connectivity index (χ3v) is 5.01. The second-order valence-corrected chi connectivity index (χ2v) is 8.18. The lowest BCUT2D eigenvalue weighted by molar-refractivity contribution is 0.101. The fraction of sp³-hybridized carbons (Fsp3) is 0.286. The Morgan fingerprint density at radius 1 is 1.14 bits per heavy atom. The minimum absolute atomic E-state index is 0.0322. The summed E-state index contributed by atoms with van der Waals surface area (Å²) in [6.45, 7) is 6.44. The summed E-state index contributed by atoms with van der Waals surface area (Å²) in [7, 11) is 1.44. The van der Waals surface area contributed by atoms with Gasteiger partial charge < -0.3 is 9.15 Å². The summed E-state index contributed by atoms with van der Waals surface area (Å²) in [6.07, 6.45) is 0. The summed E-state index contributed by atoms with van der Waals surface area (Å²) in [5.74, 6) is -0.0239. The molecule has 1 aromatic heterocycles. The molecular formula is C21H21FN2O3S. The molecule has 0 aliphatic rings. The largest absolute Gasteiger partial charge is 0.496 e. The van der Waals surface area contributed by atoms with Crippen molar-refractivity contribution in [3.63, 3.8) is 0 Å². The molecule has 2 aromatic carbocycles. The van der Waals surface area contributed by atoms with Crippen molar-refractivity contribution in [3.05, 3.63) is 59.4 Å². The number of rotatable bonds is 6. The number of halogens is 1. The van der Waals surface area contributed by atoms with E-state index in [2.05, 4.69) is 31.0 Å². The van der Waals surface area contributed by atoms with Crippen LogP contribution in [0.25, 0.3) is 11.5 Å². The van der Waals surface area contributed by atoms with Crippen LogP contribution in [-0.4, -0.2) is 28.8 Å². The predicted octanol–water partition coefficient (Wildman–Crippen LogP) is 5.16. The first-order valence-corrected chi connectivity index (χ1v) is 9.70. The number of thioether (sulfide) groups is 1. The lowest BCUT2D eigenvalue weighted by Gasteiger charge is -2.18. The van der Waals surface area contributed by atoms with E-state index in [1.165, 1.54) is 24.8 Å². The molecule has 28 heavy (non-hydrogen) atoms. The highest BCUT2D eigenvalue weighted by Crippen LogP contribution is 2.28. The van der Waals surface area contributed by atoms with E-state index in [1.807, 2.05) is 24.3 Å². The molecular weight excluding hydrogens is 379 g/mol. The lowest BCUT2D eigenvalue weighted by atomic mass is 9.87. The Hall–Kier alpha value is -2.67. The van der Waals surface area contributed by atoms with E-state index in [0.29, 0.717) is 11.6 Å². The van der Waals surface area contributed by atoms with Gasteiger partial charge in [-0.15, -0.1) is 10.2 Å². The SMILES string of the molecule is COc1ccc(F)cc1C(=O)CSc1nnc(-c2ccc(C(C)(C)C)cc2)o1. The van der Waals surface area contributed by atoms with Crippen molar-refractivity contribution < 1.29 is 18.3 Å². The second kappa shape index (κ2) is 8.14. The molecule has 0 spiro atoms. The molecule has 7 heteroatoms. The number of ketones is 1. The summed E-state index contributed by atoms with van der Waals surface area (Å²) in [6, 6.07) is 11.8. The Kier molecular flexibility index (Phi) is 5.84. The molecule has 0 saturated carbocycles. The molecule has 0 N–H and O–H groups in total. The molecule has 1 heterocycles. The van der Waals surface area contributed by atoms with E-state index >= 15 is 0 Å². The number of ether oxygens (including phenoxy) is 1. The number of Topliss-reactive ketones (excluding diaryl/α,β-unsaturated/α-hetero) is 1. The van der Waals surface area contributed by atoms with Gasteiger partial charge in [0.2, 0.25) is 5.89 Å². The lowest BCUT2D eigenvalue weighted by Crippen LogP contribution is -2.10. The number of carbonyl (C=O) groups excluding carboxylic acids is 1. The minimum atomic E-state index is -0.493. The Balaban J connectivity index is 1.68. The zero-order chi connectivity index (χ0) is 20.3. The second-order valence-electron chi connectivity index (χ2n) is 7.26. The molecule has 0 aliphatic carbocycles. The molecule has 5 nitrogen and oxygen atoms in total. The summed E-state index contributed by atoms with van der Waals surface area (Å²) in [5.41, 5.74) is 2.27. The Bertz CT molecular complexity index is 978. The molecule has 3 aromatic rings. The number of methoxy groups -OCH3 is 1. The average molecular weight is 400 g/mol. The fourth-order valence-corrected chi connectivity index (χ4v) is 3.25. The highest BCUT2D eigenvalue weighted by molar-refractivity contribution is 7.99.